The number of carbonyl (C=O) groups is 2. The van der Waals surface area contributed by atoms with Gasteiger partial charge in [-0.15, -0.1) is 0 Å². The van der Waals surface area contributed by atoms with Crippen LogP contribution in [0.1, 0.15) is 61.0 Å². The van der Waals surface area contributed by atoms with E-state index in [0.29, 0.717) is 11.3 Å². The van der Waals surface area contributed by atoms with Crippen LogP contribution < -0.4 is 5.32 Å². The first-order valence-corrected chi connectivity index (χ1v) is 9.74. The number of aryl methyl sites for hydroxylation is 2. The fourth-order valence-corrected chi connectivity index (χ4v) is 4.35. The molecule has 2 rings (SSSR count). The average molecular weight is 362 g/mol. The normalized spacial score (nSPS) is 17.0. The van der Waals surface area contributed by atoms with Crippen molar-refractivity contribution in [1.29, 1.82) is 0 Å². The number of methoxy groups -OCH3 is 1. The Balaban J connectivity index is 2.36. The molecule has 1 aliphatic rings. The Hall–Kier alpha value is -1.88. The van der Waals surface area contributed by atoms with Crippen molar-refractivity contribution in [1.82, 2.24) is 0 Å². The number of benzene rings is 1. The number of esters is 1. The number of anilines is 1. The Bertz CT molecular complexity index is 663. The second-order valence-electron chi connectivity index (χ2n) is 7.48. The Labute approximate surface area is 157 Å². The summed E-state index contributed by atoms with van der Waals surface area (Å²) in [5, 5.41) is 3.09. The van der Waals surface area contributed by atoms with Crippen molar-refractivity contribution in [2.24, 2.45) is 0 Å². The number of nitrogens with zero attached hydrogens (tertiary/aromatic N) is 1. The minimum atomic E-state index is -0.417. The SMILES string of the molecule is CCCC(C(=O)Nc1c(C)cc(C)cc1C(=O)OC)[N+]1(CC)CCCC1. The molecular weight excluding hydrogens is 328 g/mol. The first-order chi connectivity index (χ1) is 12.4. The number of ether oxygens (including phenoxy) is 1. The zero-order valence-electron chi connectivity index (χ0n) is 16.9. The number of likely N-dealkylation sites (tertiary alicyclic amines) is 1. The molecule has 1 fully saturated rings. The lowest BCUT2D eigenvalue weighted by Gasteiger charge is -2.40. The zero-order chi connectivity index (χ0) is 19.3. The second-order valence-corrected chi connectivity index (χ2v) is 7.48. The van der Waals surface area contributed by atoms with E-state index in [4.69, 9.17) is 4.74 Å². The number of rotatable bonds is 7. The van der Waals surface area contributed by atoms with E-state index in [1.807, 2.05) is 19.9 Å². The predicted octanol–water partition coefficient (Wildman–Crippen LogP) is 3.83. The lowest BCUT2D eigenvalue weighted by atomic mass is 10.0. The third-order valence-electron chi connectivity index (χ3n) is 5.75. The summed E-state index contributed by atoms with van der Waals surface area (Å²) >= 11 is 0. The smallest absolute Gasteiger partial charge is 0.339 e. The zero-order valence-corrected chi connectivity index (χ0v) is 16.9. The van der Waals surface area contributed by atoms with Gasteiger partial charge < -0.3 is 14.5 Å². The van der Waals surface area contributed by atoms with E-state index in [9.17, 15) is 9.59 Å². The molecule has 0 bridgehead atoms. The number of likely N-dealkylation sites (N-methyl/N-ethyl adjacent to an activating group) is 1. The molecular formula is C21H33N2O3+. The molecule has 0 saturated carbocycles. The molecule has 1 unspecified atom stereocenters. The Kier molecular flexibility index (Phi) is 6.81. The molecule has 1 aromatic rings. The Morgan fingerprint density at radius 1 is 1.19 bits per heavy atom. The van der Waals surface area contributed by atoms with Crippen LogP contribution in [-0.2, 0) is 9.53 Å². The summed E-state index contributed by atoms with van der Waals surface area (Å²) in [5.41, 5.74) is 2.88. The van der Waals surface area contributed by atoms with E-state index in [-0.39, 0.29) is 11.9 Å². The van der Waals surface area contributed by atoms with Gasteiger partial charge in [-0.1, -0.05) is 13.0 Å². The van der Waals surface area contributed by atoms with E-state index in [2.05, 4.69) is 19.2 Å². The molecule has 1 atom stereocenters. The summed E-state index contributed by atoms with van der Waals surface area (Å²) in [6.07, 6.45) is 4.18. The molecule has 0 radical (unpaired) electrons. The summed E-state index contributed by atoms with van der Waals surface area (Å²) < 4.78 is 5.78. The van der Waals surface area contributed by atoms with E-state index in [1.165, 1.54) is 20.0 Å². The van der Waals surface area contributed by atoms with Crippen molar-refractivity contribution in [2.75, 3.05) is 32.1 Å². The topological polar surface area (TPSA) is 55.4 Å². The molecule has 1 amide bonds. The number of quaternary nitrogens is 1. The average Bonchev–Trinajstić information content (AvgIpc) is 3.10. The van der Waals surface area contributed by atoms with Crippen molar-refractivity contribution in [2.45, 2.75) is 59.4 Å². The van der Waals surface area contributed by atoms with Crippen LogP contribution in [-0.4, -0.2) is 49.1 Å². The van der Waals surface area contributed by atoms with Gasteiger partial charge in [-0.3, -0.25) is 4.79 Å². The standard InChI is InChI=1S/C21H32N2O3/c1-6-10-18(23(7-2)11-8-9-12-23)20(24)22-19-16(4)13-15(3)14-17(19)21(25)26-5/h13-14,18H,6-12H2,1-5H3/p+1. The highest BCUT2D eigenvalue weighted by molar-refractivity contribution is 6.03. The number of hydrogen-bond donors (Lipinski definition) is 1. The molecule has 1 saturated heterocycles. The molecule has 0 spiro atoms. The van der Waals surface area contributed by atoms with Crippen molar-refractivity contribution in [3.05, 3.63) is 28.8 Å². The molecule has 1 aromatic carbocycles. The van der Waals surface area contributed by atoms with Crippen molar-refractivity contribution in [3.63, 3.8) is 0 Å². The molecule has 0 aliphatic carbocycles. The predicted molar refractivity (Wildman–Crippen MR) is 104 cm³/mol. The monoisotopic (exact) mass is 361 g/mol. The van der Waals surface area contributed by atoms with Gasteiger partial charge >= 0.3 is 5.97 Å². The molecule has 26 heavy (non-hydrogen) atoms. The fraction of sp³-hybridized carbons (Fsp3) is 0.619. The minimum absolute atomic E-state index is 0.0210. The van der Waals surface area contributed by atoms with Crippen LogP contribution in [0.25, 0.3) is 0 Å². The van der Waals surface area contributed by atoms with Crippen LogP contribution in [0.3, 0.4) is 0 Å². The van der Waals surface area contributed by atoms with Gasteiger partial charge in [0.05, 0.1) is 38.0 Å². The van der Waals surface area contributed by atoms with E-state index < -0.39 is 5.97 Å². The van der Waals surface area contributed by atoms with Crippen LogP contribution in [0.15, 0.2) is 12.1 Å². The van der Waals surface area contributed by atoms with Gasteiger partial charge in [0, 0.05) is 19.3 Å². The molecule has 0 aromatic heterocycles. The quantitative estimate of drug-likeness (QED) is 0.593. The van der Waals surface area contributed by atoms with Gasteiger partial charge in [-0.25, -0.2) is 4.79 Å². The lowest BCUT2D eigenvalue weighted by Crippen LogP contribution is -2.58. The summed E-state index contributed by atoms with van der Waals surface area (Å²) in [4.78, 5) is 25.5. The summed E-state index contributed by atoms with van der Waals surface area (Å²) in [6.45, 7) is 11.2. The highest BCUT2D eigenvalue weighted by atomic mass is 16.5. The van der Waals surface area contributed by atoms with E-state index >= 15 is 0 Å². The number of amides is 1. The minimum Gasteiger partial charge on any atom is -0.465 e. The van der Waals surface area contributed by atoms with Crippen molar-refractivity contribution < 1.29 is 18.8 Å². The fourth-order valence-electron chi connectivity index (χ4n) is 4.35. The van der Waals surface area contributed by atoms with Crippen LogP contribution in [0.5, 0.6) is 0 Å². The maximum Gasteiger partial charge on any atom is 0.339 e. The first kappa shape index (κ1) is 20.4. The van der Waals surface area contributed by atoms with Gasteiger partial charge in [0.15, 0.2) is 6.04 Å². The van der Waals surface area contributed by atoms with Crippen LogP contribution in [0, 0.1) is 13.8 Å². The van der Waals surface area contributed by atoms with Gasteiger partial charge in [0.1, 0.15) is 0 Å². The largest absolute Gasteiger partial charge is 0.465 e. The highest BCUT2D eigenvalue weighted by Crippen LogP contribution is 2.29. The number of nitrogens with one attached hydrogen (secondary N) is 1. The maximum absolute atomic E-state index is 13.3. The van der Waals surface area contributed by atoms with Gasteiger partial charge in [-0.2, -0.15) is 0 Å². The van der Waals surface area contributed by atoms with Crippen molar-refractivity contribution >= 4 is 17.6 Å². The van der Waals surface area contributed by atoms with Crippen LogP contribution in [0.2, 0.25) is 0 Å². The van der Waals surface area contributed by atoms with Crippen molar-refractivity contribution in [3.8, 4) is 0 Å². The molecule has 5 nitrogen and oxygen atoms in total. The Morgan fingerprint density at radius 2 is 1.85 bits per heavy atom. The maximum atomic E-state index is 13.3. The molecule has 1 N–H and O–H groups in total. The number of hydrogen-bond acceptors (Lipinski definition) is 3. The lowest BCUT2D eigenvalue weighted by molar-refractivity contribution is -0.930. The van der Waals surface area contributed by atoms with E-state index in [1.54, 1.807) is 6.07 Å². The second kappa shape index (κ2) is 8.67. The van der Waals surface area contributed by atoms with E-state index in [0.717, 1.165) is 48.1 Å². The number of carbonyl (C=O) groups excluding carboxylic acids is 2. The third kappa shape index (κ3) is 4.09. The molecule has 144 valence electrons. The molecule has 5 heteroatoms. The third-order valence-corrected chi connectivity index (χ3v) is 5.75. The van der Waals surface area contributed by atoms with Gasteiger partial charge in [-0.05, 0) is 44.4 Å². The first-order valence-electron chi connectivity index (χ1n) is 9.74. The Morgan fingerprint density at radius 3 is 2.38 bits per heavy atom. The summed E-state index contributed by atoms with van der Waals surface area (Å²) in [6, 6.07) is 3.69. The van der Waals surface area contributed by atoms with Crippen LogP contribution >= 0.6 is 0 Å². The molecule has 1 heterocycles. The van der Waals surface area contributed by atoms with Gasteiger partial charge in [0.2, 0.25) is 0 Å². The summed E-state index contributed by atoms with van der Waals surface area (Å²) in [5.74, 6) is -0.396. The highest BCUT2D eigenvalue weighted by Gasteiger charge is 2.42. The van der Waals surface area contributed by atoms with Crippen LogP contribution in [0.4, 0.5) is 5.69 Å². The summed E-state index contributed by atoms with van der Waals surface area (Å²) in [7, 11) is 1.37. The van der Waals surface area contributed by atoms with Gasteiger partial charge in [0.25, 0.3) is 5.91 Å². The molecule has 1 aliphatic heterocycles.